The lowest BCUT2D eigenvalue weighted by molar-refractivity contribution is -0.384. The van der Waals surface area contributed by atoms with Gasteiger partial charge >= 0.3 is 5.97 Å². The number of hydrogen-bond donors (Lipinski definition) is 1. The Labute approximate surface area is 160 Å². The first-order valence-electron chi connectivity index (χ1n) is 8.83. The summed E-state index contributed by atoms with van der Waals surface area (Å²) in [6.45, 7) is 3.70. The van der Waals surface area contributed by atoms with Gasteiger partial charge in [-0.25, -0.2) is 10.2 Å². The van der Waals surface area contributed by atoms with Crippen LogP contribution in [0.1, 0.15) is 57.6 Å². The van der Waals surface area contributed by atoms with Gasteiger partial charge in [-0.2, -0.15) is 5.10 Å². The number of carbonyl (C=O) groups excluding carboxylic acids is 2. The number of furan rings is 1. The highest BCUT2D eigenvalue weighted by molar-refractivity contribution is 6.06. The van der Waals surface area contributed by atoms with Crippen molar-refractivity contribution in [3.05, 3.63) is 62.6 Å². The Morgan fingerprint density at radius 3 is 2.86 bits per heavy atom. The van der Waals surface area contributed by atoms with Gasteiger partial charge in [0.2, 0.25) is 5.76 Å². The van der Waals surface area contributed by atoms with E-state index in [4.69, 9.17) is 9.15 Å². The van der Waals surface area contributed by atoms with E-state index in [1.165, 1.54) is 24.3 Å². The predicted molar refractivity (Wildman–Crippen MR) is 99.4 cm³/mol. The molecule has 0 saturated heterocycles. The maximum atomic E-state index is 12.3. The van der Waals surface area contributed by atoms with Crippen molar-refractivity contribution in [1.29, 1.82) is 0 Å². The van der Waals surface area contributed by atoms with E-state index >= 15 is 0 Å². The number of rotatable bonds is 5. The van der Waals surface area contributed by atoms with Crippen molar-refractivity contribution in [3.63, 3.8) is 0 Å². The molecule has 1 N–H and O–H groups in total. The normalized spacial score (nSPS) is 14.4. The zero-order valence-electron chi connectivity index (χ0n) is 15.5. The number of nitro benzene ring substituents is 1. The van der Waals surface area contributed by atoms with Crippen molar-refractivity contribution in [2.45, 2.75) is 33.1 Å². The average molecular weight is 385 g/mol. The molecule has 28 heavy (non-hydrogen) atoms. The molecule has 0 radical (unpaired) electrons. The minimum absolute atomic E-state index is 0.130. The summed E-state index contributed by atoms with van der Waals surface area (Å²) in [5.74, 6) is -0.314. The molecule has 9 heteroatoms. The average Bonchev–Trinajstić information content (AvgIpc) is 3.04. The Kier molecular flexibility index (Phi) is 5.53. The third-order valence-electron chi connectivity index (χ3n) is 4.40. The first-order valence-corrected chi connectivity index (χ1v) is 8.83. The van der Waals surface area contributed by atoms with Crippen LogP contribution in [0, 0.1) is 17.0 Å². The van der Waals surface area contributed by atoms with E-state index in [0.717, 1.165) is 6.42 Å². The van der Waals surface area contributed by atoms with Crippen LogP contribution in [0.25, 0.3) is 0 Å². The highest BCUT2D eigenvalue weighted by atomic mass is 16.6. The van der Waals surface area contributed by atoms with Crippen molar-refractivity contribution < 1.29 is 23.7 Å². The summed E-state index contributed by atoms with van der Waals surface area (Å²) < 4.78 is 10.7. The summed E-state index contributed by atoms with van der Waals surface area (Å²) in [6, 6.07) is 5.40. The minimum atomic E-state index is -0.568. The van der Waals surface area contributed by atoms with Crippen LogP contribution in [0.4, 0.5) is 5.69 Å². The largest absolute Gasteiger partial charge is 0.460 e. The second kappa shape index (κ2) is 8.03. The van der Waals surface area contributed by atoms with Crippen molar-refractivity contribution in [3.8, 4) is 0 Å². The van der Waals surface area contributed by atoms with Crippen molar-refractivity contribution in [2.24, 2.45) is 5.10 Å². The predicted octanol–water partition coefficient (Wildman–Crippen LogP) is 3.14. The summed E-state index contributed by atoms with van der Waals surface area (Å²) in [5, 5.41) is 15.0. The summed E-state index contributed by atoms with van der Waals surface area (Å²) >= 11 is 0. The number of aryl methyl sites for hydroxylation is 1. The molecule has 1 aromatic carbocycles. The van der Waals surface area contributed by atoms with Crippen LogP contribution in [0.15, 0.2) is 33.8 Å². The first-order chi connectivity index (χ1) is 13.4. The third-order valence-corrected chi connectivity index (χ3v) is 4.40. The van der Waals surface area contributed by atoms with Crippen molar-refractivity contribution >= 4 is 23.3 Å². The molecule has 1 aromatic heterocycles. The number of nitro groups is 1. The quantitative estimate of drug-likeness (QED) is 0.479. The lowest BCUT2D eigenvalue weighted by Gasteiger charge is -2.13. The lowest BCUT2D eigenvalue weighted by atomic mass is 9.93. The number of non-ortho nitro benzene ring substituents is 1. The fraction of sp³-hybridized carbons (Fsp3) is 0.316. The molecule has 1 heterocycles. The maximum absolute atomic E-state index is 12.3. The molecule has 0 spiro atoms. The van der Waals surface area contributed by atoms with E-state index in [2.05, 4.69) is 10.5 Å². The van der Waals surface area contributed by atoms with E-state index < -0.39 is 16.8 Å². The topological polar surface area (TPSA) is 124 Å². The number of benzene rings is 1. The molecular weight excluding hydrogens is 366 g/mol. The summed E-state index contributed by atoms with van der Waals surface area (Å²) in [6.07, 6.45) is 2.02. The number of carbonyl (C=O) groups is 2. The Bertz CT molecular complexity index is 976. The second-order valence-corrected chi connectivity index (χ2v) is 6.24. The van der Waals surface area contributed by atoms with Gasteiger partial charge in [-0.15, -0.1) is 0 Å². The molecule has 1 aliphatic rings. The molecule has 0 unspecified atom stereocenters. The molecule has 0 aliphatic heterocycles. The lowest BCUT2D eigenvalue weighted by Crippen LogP contribution is -2.22. The van der Waals surface area contributed by atoms with Crippen LogP contribution >= 0.6 is 0 Å². The number of fused-ring (bicyclic) bond motifs is 1. The molecular formula is C19H19N3O6. The number of nitrogens with zero attached hydrogens (tertiary/aromatic N) is 2. The fourth-order valence-corrected chi connectivity index (χ4v) is 3.11. The molecule has 9 nitrogen and oxygen atoms in total. The van der Waals surface area contributed by atoms with Crippen molar-refractivity contribution in [1.82, 2.24) is 5.43 Å². The van der Waals surface area contributed by atoms with E-state index in [1.54, 1.807) is 13.8 Å². The number of ether oxygens (including phenoxy) is 1. The van der Waals surface area contributed by atoms with Gasteiger partial charge in [-0.05, 0) is 32.8 Å². The van der Waals surface area contributed by atoms with Gasteiger partial charge in [0, 0.05) is 35.2 Å². The highest BCUT2D eigenvalue weighted by Gasteiger charge is 2.28. The molecule has 0 saturated carbocycles. The molecule has 2 aromatic rings. The first kappa shape index (κ1) is 19.3. The van der Waals surface area contributed by atoms with Gasteiger partial charge in [-0.3, -0.25) is 14.9 Å². The summed E-state index contributed by atoms with van der Waals surface area (Å²) in [5.41, 5.74) is 4.31. The highest BCUT2D eigenvalue weighted by Crippen LogP contribution is 2.30. The monoisotopic (exact) mass is 385 g/mol. The van der Waals surface area contributed by atoms with E-state index in [9.17, 15) is 19.7 Å². The number of hydrogen-bond acceptors (Lipinski definition) is 7. The minimum Gasteiger partial charge on any atom is -0.460 e. The van der Waals surface area contributed by atoms with Gasteiger partial charge < -0.3 is 9.15 Å². The smallest absolute Gasteiger partial charge is 0.374 e. The standard InChI is InChI=1S/C19H19N3O6/c1-3-27-19(24)17-11(2)16-14(8-5-9-15(16)28-17)20-21-18(23)12-6-4-7-13(10-12)22(25)26/h4,6-7,10H,3,5,8-9H2,1-2H3,(H,21,23)/b20-14+. The molecule has 146 valence electrons. The van der Waals surface area contributed by atoms with Crippen LogP contribution in [0.5, 0.6) is 0 Å². The molecule has 1 amide bonds. The molecule has 0 bridgehead atoms. The molecule has 1 aliphatic carbocycles. The zero-order valence-corrected chi connectivity index (χ0v) is 15.5. The van der Waals surface area contributed by atoms with E-state index in [0.29, 0.717) is 35.4 Å². The number of nitrogens with one attached hydrogen (secondary N) is 1. The Hall–Kier alpha value is -3.49. The molecule has 0 atom stereocenters. The van der Waals surface area contributed by atoms with Gasteiger partial charge in [-0.1, -0.05) is 6.07 Å². The van der Waals surface area contributed by atoms with Crippen LogP contribution in [-0.2, 0) is 11.2 Å². The number of amides is 1. The Morgan fingerprint density at radius 1 is 1.36 bits per heavy atom. The second-order valence-electron chi connectivity index (χ2n) is 6.24. The van der Waals surface area contributed by atoms with Gasteiger partial charge in [0.05, 0.1) is 17.2 Å². The fourth-order valence-electron chi connectivity index (χ4n) is 3.11. The van der Waals surface area contributed by atoms with Crippen LogP contribution < -0.4 is 5.43 Å². The van der Waals surface area contributed by atoms with Crippen LogP contribution in [-0.4, -0.2) is 29.1 Å². The summed E-state index contributed by atoms with van der Waals surface area (Å²) in [7, 11) is 0. The Morgan fingerprint density at radius 2 is 2.14 bits per heavy atom. The van der Waals surface area contributed by atoms with E-state index in [-0.39, 0.29) is 23.6 Å². The molecule has 0 fully saturated rings. The van der Waals surface area contributed by atoms with E-state index in [1.807, 2.05) is 0 Å². The Balaban J connectivity index is 1.85. The van der Waals surface area contributed by atoms with Crippen molar-refractivity contribution in [2.75, 3.05) is 6.61 Å². The maximum Gasteiger partial charge on any atom is 0.374 e. The van der Waals surface area contributed by atoms with Crippen LogP contribution in [0.3, 0.4) is 0 Å². The zero-order chi connectivity index (χ0) is 20.3. The molecule has 3 rings (SSSR count). The summed E-state index contributed by atoms with van der Waals surface area (Å²) in [4.78, 5) is 34.7. The number of hydrazone groups is 1. The van der Waals surface area contributed by atoms with Crippen LogP contribution in [0.2, 0.25) is 0 Å². The third kappa shape index (κ3) is 3.78. The SMILES string of the molecule is CCOC(=O)c1oc2c(c1C)/C(=N/NC(=O)c1cccc([N+](=O)[O-])c1)CCC2. The van der Waals surface area contributed by atoms with Gasteiger partial charge in [0.15, 0.2) is 0 Å². The number of esters is 1. The van der Waals surface area contributed by atoms with Gasteiger partial charge in [0.1, 0.15) is 5.76 Å². The van der Waals surface area contributed by atoms with Gasteiger partial charge in [0.25, 0.3) is 11.6 Å².